The highest BCUT2D eigenvalue weighted by Gasteiger charge is 2.03. The maximum Gasteiger partial charge on any atom is 0.343 e. The number of hydrogen-bond acceptors (Lipinski definition) is 4. The van der Waals surface area contributed by atoms with Gasteiger partial charge in [-0.15, -0.1) is 0 Å². The van der Waals surface area contributed by atoms with Crippen LogP contribution in [0.4, 0.5) is 0 Å². The molecule has 0 saturated carbocycles. The monoisotopic (exact) mass is 208 g/mol. The molecule has 0 N–H and O–H groups in total. The summed E-state index contributed by atoms with van der Waals surface area (Å²) < 4.78 is 9.58. The summed E-state index contributed by atoms with van der Waals surface area (Å²) in [4.78, 5) is 21.3. The van der Waals surface area contributed by atoms with Gasteiger partial charge in [-0.2, -0.15) is 0 Å². The molecule has 4 nitrogen and oxygen atoms in total. The maximum atomic E-state index is 10.8. The number of hydrogen-bond donors (Lipinski definition) is 0. The van der Waals surface area contributed by atoms with E-state index in [-0.39, 0.29) is 6.61 Å². The minimum atomic E-state index is -0.438. The number of carbonyl (C=O) groups is 2. The van der Waals surface area contributed by atoms with Crippen molar-refractivity contribution in [1.29, 1.82) is 0 Å². The van der Waals surface area contributed by atoms with Crippen molar-refractivity contribution < 1.29 is 19.1 Å². The Morgan fingerprint density at radius 2 is 2.20 bits per heavy atom. The number of benzene rings is 1. The van der Waals surface area contributed by atoms with E-state index in [0.29, 0.717) is 11.3 Å². The summed E-state index contributed by atoms with van der Waals surface area (Å²) in [5, 5.41) is 0. The molecule has 0 bridgehead atoms. The van der Waals surface area contributed by atoms with Crippen LogP contribution in [0.15, 0.2) is 18.2 Å². The number of esters is 1. The summed E-state index contributed by atoms with van der Waals surface area (Å²) in [5.41, 5.74) is 1.42. The Balaban J connectivity index is 2.67. The van der Waals surface area contributed by atoms with E-state index in [1.807, 2.05) is 0 Å². The Morgan fingerprint density at radius 3 is 2.73 bits per heavy atom. The average Bonchev–Trinajstić information content (AvgIpc) is 2.26. The van der Waals surface area contributed by atoms with E-state index in [1.54, 1.807) is 25.1 Å². The third-order valence-electron chi connectivity index (χ3n) is 1.95. The normalized spacial score (nSPS) is 9.47. The van der Waals surface area contributed by atoms with E-state index in [2.05, 4.69) is 4.74 Å². The predicted octanol–water partition coefficient (Wildman–Crippen LogP) is 1.36. The quantitative estimate of drug-likeness (QED) is 0.553. The molecule has 0 unspecified atom stereocenters. The second-order valence-electron chi connectivity index (χ2n) is 3.00. The van der Waals surface area contributed by atoms with Crippen molar-refractivity contribution in [2.24, 2.45) is 0 Å². The van der Waals surface area contributed by atoms with Crippen LogP contribution in [0, 0.1) is 6.92 Å². The third kappa shape index (κ3) is 3.09. The highest BCUT2D eigenvalue weighted by Crippen LogP contribution is 2.15. The third-order valence-corrected chi connectivity index (χ3v) is 1.95. The predicted molar refractivity (Wildman–Crippen MR) is 54.1 cm³/mol. The van der Waals surface area contributed by atoms with Crippen LogP contribution in [0.3, 0.4) is 0 Å². The van der Waals surface area contributed by atoms with Crippen LogP contribution in [-0.2, 0) is 9.53 Å². The number of carbonyl (C=O) groups excluding carboxylic acids is 2. The van der Waals surface area contributed by atoms with E-state index in [4.69, 9.17) is 4.74 Å². The van der Waals surface area contributed by atoms with Gasteiger partial charge in [0, 0.05) is 5.56 Å². The molecule has 0 aliphatic heterocycles. The Kier molecular flexibility index (Phi) is 3.85. The van der Waals surface area contributed by atoms with Crippen molar-refractivity contribution in [3.63, 3.8) is 0 Å². The molecule has 0 saturated heterocycles. The van der Waals surface area contributed by atoms with Gasteiger partial charge in [0.2, 0.25) is 0 Å². The largest absolute Gasteiger partial charge is 0.482 e. The summed E-state index contributed by atoms with van der Waals surface area (Å²) in [7, 11) is 1.30. The van der Waals surface area contributed by atoms with Crippen LogP contribution in [0.1, 0.15) is 15.9 Å². The van der Waals surface area contributed by atoms with Crippen molar-refractivity contribution in [2.45, 2.75) is 6.92 Å². The molecule has 1 aromatic carbocycles. The number of methoxy groups -OCH3 is 1. The first-order chi connectivity index (χ1) is 7.17. The molecular weight excluding hydrogens is 196 g/mol. The van der Waals surface area contributed by atoms with Crippen molar-refractivity contribution in [3.05, 3.63) is 29.3 Å². The van der Waals surface area contributed by atoms with E-state index < -0.39 is 5.97 Å². The minimum absolute atomic E-state index is 0.129. The number of aldehydes is 1. The second kappa shape index (κ2) is 5.14. The zero-order valence-corrected chi connectivity index (χ0v) is 8.65. The van der Waals surface area contributed by atoms with Gasteiger partial charge in [0.05, 0.1) is 7.11 Å². The lowest BCUT2D eigenvalue weighted by atomic mass is 10.1. The highest BCUT2D eigenvalue weighted by atomic mass is 16.6. The fourth-order valence-corrected chi connectivity index (χ4v) is 1.07. The Bertz CT molecular complexity index is 371. The maximum absolute atomic E-state index is 10.8. The van der Waals surface area contributed by atoms with Crippen LogP contribution in [0.5, 0.6) is 5.75 Å². The molecule has 80 valence electrons. The molecule has 0 heterocycles. The van der Waals surface area contributed by atoms with Gasteiger partial charge in [-0.1, -0.05) is 0 Å². The van der Waals surface area contributed by atoms with Gasteiger partial charge in [0.1, 0.15) is 12.0 Å². The summed E-state index contributed by atoms with van der Waals surface area (Å²) in [6, 6.07) is 4.99. The SMILES string of the molecule is COC(=O)COc1ccc(C=O)c(C)c1. The molecule has 1 aromatic rings. The summed E-state index contributed by atoms with van der Waals surface area (Å²) >= 11 is 0. The zero-order valence-electron chi connectivity index (χ0n) is 8.65. The van der Waals surface area contributed by atoms with Crippen molar-refractivity contribution in [2.75, 3.05) is 13.7 Å². The first-order valence-electron chi connectivity index (χ1n) is 4.43. The summed E-state index contributed by atoms with van der Waals surface area (Å²) in [6.07, 6.45) is 0.777. The molecule has 0 fully saturated rings. The van der Waals surface area contributed by atoms with Gasteiger partial charge in [-0.25, -0.2) is 4.79 Å². The smallest absolute Gasteiger partial charge is 0.343 e. The van der Waals surface area contributed by atoms with Gasteiger partial charge in [0.15, 0.2) is 6.61 Å². The molecule has 0 amide bonds. The Morgan fingerprint density at radius 1 is 1.47 bits per heavy atom. The van der Waals surface area contributed by atoms with Crippen molar-refractivity contribution >= 4 is 12.3 Å². The molecule has 1 rings (SSSR count). The first kappa shape index (κ1) is 11.2. The van der Waals surface area contributed by atoms with E-state index in [1.165, 1.54) is 7.11 Å². The molecular formula is C11H12O4. The van der Waals surface area contributed by atoms with E-state index in [9.17, 15) is 9.59 Å². The lowest BCUT2D eigenvalue weighted by Crippen LogP contribution is -2.12. The fraction of sp³-hybridized carbons (Fsp3) is 0.273. The zero-order chi connectivity index (χ0) is 11.3. The van der Waals surface area contributed by atoms with Gasteiger partial charge in [-0.3, -0.25) is 4.79 Å². The topological polar surface area (TPSA) is 52.6 Å². The van der Waals surface area contributed by atoms with Gasteiger partial charge >= 0.3 is 5.97 Å². The van der Waals surface area contributed by atoms with E-state index in [0.717, 1.165) is 11.8 Å². The van der Waals surface area contributed by atoms with Crippen LogP contribution in [-0.4, -0.2) is 26.0 Å². The Hall–Kier alpha value is -1.84. The van der Waals surface area contributed by atoms with Gasteiger partial charge in [0.25, 0.3) is 0 Å². The van der Waals surface area contributed by atoms with Crippen LogP contribution in [0.2, 0.25) is 0 Å². The molecule has 0 aliphatic rings. The standard InChI is InChI=1S/C11H12O4/c1-8-5-10(4-3-9(8)6-12)15-7-11(13)14-2/h3-6H,7H2,1-2H3. The summed E-state index contributed by atoms with van der Waals surface area (Å²) in [6.45, 7) is 1.67. The number of aryl methyl sites for hydroxylation is 1. The Labute approximate surface area is 87.8 Å². The fourth-order valence-electron chi connectivity index (χ4n) is 1.07. The number of rotatable bonds is 4. The molecule has 4 heteroatoms. The number of ether oxygens (including phenoxy) is 2. The van der Waals surface area contributed by atoms with Crippen molar-refractivity contribution in [3.8, 4) is 5.75 Å². The van der Waals surface area contributed by atoms with Gasteiger partial charge < -0.3 is 9.47 Å². The highest BCUT2D eigenvalue weighted by molar-refractivity contribution is 5.77. The summed E-state index contributed by atoms with van der Waals surface area (Å²) in [5.74, 6) is 0.107. The second-order valence-corrected chi connectivity index (χ2v) is 3.00. The molecule has 15 heavy (non-hydrogen) atoms. The molecule has 0 spiro atoms. The first-order valence-corrected chi connectivity index (χ1v) is 4.43. The van der Waals surface area contributed by atoms with Crippen molar-refractivity contribution in [1.82, 2.24) is 0 Å². The van der Waals surface area contributed by atoms with Gasteiger partial charge in [-0.05, 0) is 30.7 Å². The minimum Gasteiger partial charge on any atom is -0.482 e. The molecule has 0 aromatic heterocycles. The molecule has 0 radical (unpaired) electrons. The average molecular weight is 208 g/mol. The van der Waals surface area contributed by atoms with Crippen LogP contribution >= 0.6 is 0 Å². The van der Waals surface area contributed by atoms with Crippen LogP contribution < -0.4 is 4.74 Å². The lowest BCUT2D eigenvalue weighted by molar-refractivity contribution is -0.142. The van der Waals surface area contributed by atoms with Crippen LogP contribution in [0.25, 0.3) is 0 Å². The molecule has 0 aliphatic carbocycles. The lowest BCUT2D eigenvalue weighted by Gasteiger charge is -2.06. The van der Waals surface area contributed by atoms with E-state index >= 15 is 0 Å². The molecule has 0 atom stereocenters.